The molecule has 2 fully saturated rings. The van der Waals surface area contributed by atoms with Crippen molar-refractivity contribution in [2.45, 2.75) is 64.0 Å². The summed E-state index contributed by atoms with van der Waals surface area (Å²) in [7, 11) is 0. The Labute approximate surface area is 120 Å². The first-order valence-corrected chi connectivity index (χ1v) is 7.83. The molecule has 0 aromatic rings. The van der Waals surface area contributed by atoms with Gasteiger partial charge in [-0.1, -0.05) is 19.3 Å². The predicted molar refractivity (Wildman–Crippen MR) is 76.4 cm³/mol. The van der Waals surface area contributed by atoms with Crippen molar-refractivity contribution in [1.29, 1.82) is 0 Å². The Bertz CT molecular complexity index is 349. The average Bonchev–Trinajstić information content (AvgIpc) is 3.27. The molecular weight excluding hydrogens is 256 g/mol. The zero-order valence-electron chi connectivity index (χ0n) is 12.3. The molecule has 0 aliphatic heterocycles. The maximum atomic E-state index is 12.0. The summed E-state index contributed by atoms with van der Waals surface area (Å²) in [6.07, 6.45) is 8.28. The second kappa shape index (κ2) is 7.07. The molecule has 2 rings (SSSR count). The molecule has 1 amide bonds. The number of carbonyl (C=O) groups excluding carboxylic acids is 1. The van der Waals surface area contributed by atoms with Crippen LogP contribution in [0.2, 0.25) is 0 Å². The number of rotatable bonds is 7. The Balaban J connectivity index is 1.75. The molecule has 2 aliphatic rings. The van der Waals surface area contributed by atoms with Crippen molar-refractivity contribution < 1.29 is 14.7 Å². The lowest BCUT2D eigenvalue weighted by Crippen LogP contribution is -2.47. The lowest BCUT2D eigenvalue weighted by atomic mass is 9.89. The molecule has 2 N–H and O–H groups in total. The van der Waals surface area contributed by atoms with Crippen LogP contribution in [0.5, 0.6) is 0 Å². The standard InChI is InChI=1S/C15H26N2O3/c1-11(15(19)20)17(13-7-8-13)10-14(18)16-9-12-5-3-2-4-6-12/h11-13H,2-10H2,1H3,(H,16,18)(H,19,20). The topological polar surface area (TPSA) is 69.6 Å². The molecule has 0 spiro atoms. The fourth-order valence-corrected chi connectivity index (χ4v) is 3.00. The average molecular weight is 282 g/mol. The second-order valence-electron chi connectivity index (χ2n) is 6.23. The molecule has 0 aromatic carbocycles. The van der Waals surface area contributed by atoms with Gasteiger partial charge in [0.1, 0.15) is 6.04 Å². The van der Waals surface area contributed by atoms with E-state index in [2.05, 4.69) is 5.32 Å². The van der Waals surface area contributed by atoms with Crippen LogP contribution < -0.4 is 5.32 Å². The minimum absolute atomic E-state index is 0.0319. The normalized spacial score (nSPS) is 21.7. The monoisotopic (exact) mass is 282 g/mol. The first kappa shape index (κ1) is 15.3. The van der Waals surface area contributed by atoms with Gasteiger partial charge in [0, 0.05) is 12.6 Å². The van der Waals surface area contributed by atoms with E-state index in [1.54, 1.807) is 6.92 Å². The highest BCUT2D eigenvalue weighted by Gasteiger charge is 2.36. The number of nitrogens with one attached hydrogen (secondary N) is 1. The zero-order chi connectivity index (χ0) is 14.5. The van der Waals surface area contributed by atoms with Gasteiger partial charge in [-0.2, -0.15) is 0 Å². The van der Waals surface area contributed by atoms with Crippen LogP contribution in [-0.2, 0) is 9.59 Å². The Morgan fingerprint density at radius 1 is 1.20 bits per heavy atom. The van der Waals surface area contributed by atoms with Crippen LogP contribution in [0.1, 0.15) is 51.9 Å². The Kier molecular flexibility index (Phi) is 5.40. The second-order valence-corrected chi connectivity index (χ2v) is 6.23. The zero-order valence-corrected chi connectivity index (χ0v) is 12.3. The third kappa shape index (κ3) is 4.47. The molecule has 0 radical (unpaired) electrons. The first-order chi connectivity index (χ1) is 9.58. The number of nitrogens with zero attached hydrogens (tertiary/aromatic N) is 1. The SMILES string of the molecule is CC(C(=O)O)N(CC(=O)NCC1CCCCC1)C1CC1. The van der Waals surface area contributed by atoms with E-state index in [-0.39, 0.29) is 18.5 Å². The van der Waals surface area contributed by atoms with Gasteiger partial charge in [-0.25, -0.2) is 0 Å². The summed E-state index contributed by atoms with van der Waals surface area (Å²) in [4.78, 5) is 24.9. The van der Waals surface area contributed by atoms with E-state index in [4.69, 9.17) is 5.11 Å². The number of aliphatic carboxylic acids is 1. The number of carboxylic acids is 1. The lowest BCUT2D eigenvalue weighted by molar-refractivity contribution is -0.143. The fourth-order valence-electron chi connectivity index (χ4n) is 3.00. The minimum atomic E-state index is -0.850. The van der Waals surface area contributed by atoms with Crippen LogP contribution in [0, 0.1) is 5.92 Å². The molecule has 2 aliphatic carbocycles. The van der Waals surface area contributed by atoms with Crippen molar-refractivity contribution in [1.82, 2.24) is 10.2 Å². The van der Waals surface area contributed by atoms with E-state index in [9.17, 15) is 9.59 Å². The molecule has 5 nitrogen and oxygen atoms in total. The van der Waals surface area contributed by atoms with E-state index in [1.807, 2.05) is 4.90 Å². The van der Waals surface area contributed by atoms with Gasteiger partial charge in [-0.3, -0.25) is 14.5 Å². The summed E-state index contributed by atoms with van der Waals surface area (Å²) in [5.41, 5.74) is 0. The Hall–Kier alpha value is -1.10. The van der Waals surface area contributed by atoms with Crippen molar-refractivity contribution >= 4 is 11.9 Å². The van der Waals surface area contributed by atoms with Crippen molar-refractivity contribution in [2.24, 2.45) is 5.92 Å². The van der Waals surface area contributed by atoms with Crippen molar-refractivity contribution in [2.75, 3.05) is 13.1 Å². The molecule has 0 bridgehead atoms. The molecule has 0 heterocycles. The van der Waals surface area contributed by atoms with Gasteiger partial charge in [0.05, 0.1) is 6.54 Å². The van der Waals surface area contributed by atoms with Gasteiger partial charge in [0.15, 0.2) is 0 Å². The fraction of sp³-hybridized carbons (Fsp3) is 0.867. The van der Waals surface area contributed by atoms with Gasteiger partial charge in [-0.15, -0.1) is 0 Å². The first-order valence-electron chi connectivity index (χ1n) is 7.83. The van der Waals surface area contributed by atoms with Gasteiger partial charge >= 0.3 is 5.97 Å². The largest absolute Gasteiger partial charge is 0.480 e. The molecule has 20 heavy (non-hydrogen) atoms. The number of carbonyl (C=O) groups is 2. The summed E-state index contributed by atoms with van der Waals surface area (Å²) in [5, 5.41) is 12.1. The Morgan fingerprint density at radius 2 is 1.85 bits per heavy atom. The van der Waals surface area contributed by atoms with Crippen molar-refractivity contribution in [3.63, 3.8) is 0 Å². The molecule has 0 saturated heterocycles. The van der Waals surface area contributed by atoms with Crippen molar-refractivity contribution in [3.05, 3.63) is 0 Å². The molecule has 114 valence electrons. The van der Waals surface area contributed by atoms with Crippen LogP contribution in [0.3, 0.4) is 0 Å². The minimum Gasteiger partial charge on any atom is -0.480 e. The van der Waals surface area contributed by atoms with Gasteiger partial charge in [-0.05, 0) is 38.5 Å². The van der Waals surface area contributed by atoms with Crippen LogP contribution in [0.15, 0.2) is 0 Å². The van der Waals surface area contributed by atoms with Gasteiger partial charge in [0.2, 0.25) is 5.91 Å². The van der Waals surface area contributed by atoms with Crippen molar-refractivity contribution in [3.8, 4) is 0 Å². The lowest BCUT2D eigenvalue weighted by Gasteiger charge is -2.26. The van der Waals surface area contributed by atoms with E-state index >= 15 is 0 Å². The third-order valence-corrected chi connectivity index (χ3v) is 4.51. The number of amides is 1. The summed E-state index contributed by atoms with van der Waals surface area (Å²) in [6.45, 7) is 2.62. The molecule has 1 atom stereocenters. The highest BCUT2D eigenvalue weighted by Crippen LogP contribution is 2.28. The maximum Gasteiger partial charge on any atom is 0.320 e. The van der Waals surface area contributed by atoms with Gasteiger partial charge in [0.25, 0.3) is 0 Å². The number of hydrogen-bond donors (Lipinski definition) is 2. The number of carboxylic acid groups (broad SMARTS) is 1. The summed E-state index contributed by atoms with van der Waals surface area (Å²) in [6, 6.07) is -0.301. The highest BCUT2D eigenvalue weighted by atomic mass is 16.4. The van der Waals surface area contributed by atoms with E-state index < -0.39 is 12.0 Å². The van der Waals surface area contributed by atoms with Crippen LogP contribution >= 0.6 is 0 Å². The van der Waals surface area contributed by atoms with E-state index in [1.165, 1.54) is 32.1 Å². The van der Waals surface area contributed by atoms with Crippen LogP contribution in [-0.4, -0.2) is 47.1 Å². The molecule has 5 heteroatoms. The van der Waals surface area contributed by atoms with Crippen LogP contribution in [0.25, 0.3) is 0 Å². The summed E-state index contributed by atoms with van der Waals surface area (Å²) >= 11 is 0. The van der Waals surface area contributed by atoms with E-state index in [0.717, 1.165) is 19.4 Å². The quantitative estimate of drug-likeness (QED) is 0.744. The highest BCUT2D eigenvalue weighted by molar-refractivity contribution is 5.80. The molecular formula is C15H26N2O3. The van der Waals surface area contributed by atoms with E-state index in [0.29, 0.717) is 5.92 Å². The molecule has 1 unspecified atom stereocenters. The predicted octanol–water partition coefficient (Wildman–Crippen LogP) is 1.62. The van der Waals surface area contributed by atoms with Gasteiger partial charge < -0.3 is 10.4 Å². The Morgan fingerprint density at radius 3 is 2.40 bits per heavy atom. The summed E-state index contributed by atoms with van der Waals surface area (Å²) < 4.78 is 0. The van der Waals surface area contributed by atoms with Crippen LogP contribution in [0.4, 0.5) is 0 Å². The smallest absolute Gasteiger partial charge is 0.320 e. The number of hydrogen-bond acceptors (Lipinski definition) is 3. The molecule has 0 aromatic heterocycles. The maximum absolute atomic E-state index is 12.0. The molecule has 2 saturated carbocycles. The third-order valence-electron chi connectivity index (χ3n) is 4.51. The summed E-state index contributed by atoms with van der Waals surface area (Å²) in [5.74, 6) is -0.272.